The molecule has 0 fully saturated rings. The van der Waals surface area contributed by atoms with Crippen molar-refractivity contribution < 1.29 is 9.84 Å². The molecule has 2 N–H and O–H groups in total. The fourth-order valence-corrected chi connectivity index (χ4v) is 3.17. The van der Waals surface area contributed by atoms with Gasteiger partial charge >= 0.3 is 0 Å². The summed E-state index contributed by atoms with van der Waals surface area (Å²) in [6.45, 7) is 3.47. The third kappa shape index (κ3) is 2.87. The van der Waals surface area contributed by atoms with E-state index >= 15 is 0 Å². The van der Waals surface area contributed by atoms with Gasteiger partial charge in [0.15, 0.2) is 0 Å². The first kappa shape index (κ1) is 13.6. The molecule has 0 aliphatic carbocycles. The summed E-state index contributed by atoms with van der Waals surface area (Å²) >= 11 is 1.61. The van der Waals surface area contributed by atoms with Gasteiger partial charge in [-0.15, -0.1) is 0 Å². The molecular weight excluding hydrogens is 270 g/mol. The first-order valence-electron chi connectivity index (χ1n) is 6.93. The van der Waals surface area contributed by atoms with E-state index in [9.17, 15) is 5.11 Å². The van der Waals surface area contributed by atoms with Crippen LogP contribution in [0.4, 0.5) is 0 Å². The van der Waals surface area contributed by atoms with Gasteiger partial charge in [-0.2, -0.15) is 11.3 Å². The van der Waals surface area contributed by atoms with Crippen molar-refractivity contribution in [1.29, 1.82) is 0 Å². The van der Waals surface area contributed by atoms with Crippen molar-refractivity contribution in [2.24, 2.45) is 0 Å². The van der Waals surface area contributed by atoms with Crippen LogP contribution in [0.2, 0.25) is 0 Å². The van der Waals surface area contributed by atoms with Gasteiger partial charge in [0.1, 0.15) is 5.75 Å². The highest BCUT2D eigenvalue weighted by Gasteiger charge is 2.15. The maximum absolute atomic E-state index is 10.1. The Labute approximate surface area is 123 Å². The summed E-state index contributed by atoms with van der Waals surface area (Å²) in [6, 6.07) is 8.53. The van der Waals surface area contributed by atoms with Gasteiger partial charge in [-0.1, -0.05) is 12.1 Å². The van der Waals surface area contributed by atoms with Crippen LogP contribution in [0.5, 0.6) is 5.75 Å². The largest absolute Gasteiger partial charge is 0.493 e. The Balaban J connectivity index is 1.60. The molecule has 2 unspecified atom stereocenters. The van der Waals surface area contributed by atoms with Crippen LogP contribution >= 0.6 is 11.3 Å². The van der Waals surface area contributed by atoms with Crippen molar-refractivity contribution in [2.75, 3.05) is 13.2 Å². The maximum atomic E-state index is 10.1. The summed E-state index contributed by atoms with van der Waals surface area (Å²) < 4.78 is 5.52. The van der Waals surface area contributed by atoms with Gasteiger partial charge in [0.2, 0.25) is 0 Å². The fourth-order valence-electron chi connectivity index (χ4n) is 2.46. The van der Waals surface area contributed by atoms with Crippen LogP contribution in [-0.2, 0) is 6.42 Å². The van der Waals surface area contributed by atoms with E-state index in [1.165, 1.54) is 11.1 Å². The zero-order valence-electron chi connectivity index (χ0n) is 11.5. The van der Waals surface area contributed by atoms with Crippen LogP contribution in [0.15, 0.2) is 35.0 Å². The highest BCUT2D eigenvalue weighted by Crippen LogP contribution is 2.28. The molecule has 1 aliphatic heterocycles. The Morgan fingerprint density at radius 1 is 1.35 bits per heavy atom. The van der Waals surface area contributed by atoms with Crippen LogP contribution in [0.1, 0.15) is 35.8 Å². The maximum Gasteiger partial charge on any atom is 0.122 e. The van der Waals surface area contributed by atoms with Crippen molar-refractivity contribution in [3.63, 3.8) is 0 Å². The second-order valence-electron chi connectivity index (χ2n) is 5.17. The van der Waals surface area contributed by atoms with E-state index in [-0.39, 0.29) is 6.04 Å². The van der Waals surface area contributed by atoms with E-state index < -0.39 is 6.10 Å². The molecule has 4 heteroatoms. The second kappa shape index (κ2) is 5.95. The summed E-state index contributed by atoms with van der Waals surface area (Å²) in [5, 5.41) is 17.5. The molecule has 1 aromatic heterocycles. The minimum atomic E-state index is -0.443. The molecule has 20 heavy (non-hydrogen) atoms. The molecule has 0 spiro atoms. The lowest BCUT2D eigenvalue weighted by Crippen LogP contribution is -2.24. The third-order valence-electron chi connectivity index (χ3n) is 3.76. The minimum Gasteiger partial charge on any atom is -0.493 e. The average Bonchev–Trinajstić information content (AvgIpc) is 3.13. The smallest absolute Gasteiger partial charge is 0.122 e. The monoisotopic (exact) mass is 289 g/mol. The van der Waals surface area contributed by atoms with Gasteiger partial charge in [0.25, 0.3) is 0 Å². The van der Waals surface area contributed by atoms with Gasteiger partial charge in [0, 0.05) is 19.0 Å². The Morgan fingerprint density at radius 2 is 2.25 bits per heavy atom. The lowest BCUT2D eigenvalue weighted by molar-refractivity contribution is 0.171. The molecule has 0 saturated heterocycles. The Morgan fingerprint density at radius 3 is 3.05 bits per heavy atom. The fraction of sp³-hybridized carbons (Fsp3) is 0.375. The molecular formula is C16H19NO2S. The molecule has 2 heterocycles. The molecule has 3 rings (SSSR count). The number of fused-ring (bicyclic) bond motifs is 1. The van der Waals surface area contributed by atoms with Crippen molar-refractivity contribution in [2.45, 2.75) is 25.5 Å². The van der Waals surface area contributed by atoms with Crippen molar-refractivity contribution in [3.05, 3.63) is 51.7 Å². The minimum absolute atomic E-state index is 0.217. The van der Waals surface area contributed by atoms with E-state index in [0.717, 1.165) is 24.3 Å². The summed E-state index contributed by atoms with van der Waals surface area (Å²) in [6.07, 6.45) is 0.550. The van der Waals surface area contributed by atoms with Crippen molar-refractivity contribution >= 4 is 11.3 Å². The molecule has 0 amide bonds. The number of rotatable bonds is 5. The van der Waals surface area contributed by atoms with Crippen LogP contribution in [0, 0.1) is 0 Å². The number of ether oxygens (including phenoxy) is 1. The summed E-state index contributed by atoms with van der Waals surface area (Å²) in [5.41, 5.74) is 3.51. The highest BCUT2D eigenvalue weighted by molar-refractivity contribution is 7.07. The van der Waals surface area contributed by atoms with Crippen LogP contribution in [0.3, 0.4) is 0 Å². The summed E-state index contributed by atoms with van der Waals surface area (Å²) in [5.74, 6) is 1.01. The molecule has 0 radical (unpaired) electrons. The predicted molar refractivity (Wildman–Crippen MR) is 81.3 cm³/mol. The van der Waals surface area contributed by atoms with Gasteiger partial charge in [-0.25, -0.2) is 0 Å². The van der Waals surface area contributed by atoms with Gasteiger partial charge < -0.3 is 15.2 Å². The van der Waals surface area contributed by atoms with E-state index in [2.05, 4.69) is 24.4 Å². The van der Waals surface area contributed by atoms with Crippen molar-refractivity contribution in [3.8, 4) is 5.75 Å². The van der Waals surface area contributed by atoms with E-state index in [0.29, 0.717) is 6.54 Å². The molecule has 3 nitrogen and oxygen atoms in total. The number of benzene rings is 1. The first-order chi connectivity index (χ1) is 9.74. The van der Waals surface area contributed by atoms with Gasteiger partial charge in [0.05, 0.1) is 12.7 Å². The molecule has 1 aliphatic rings. The Bertz CT molecular complexity index is 568. The van der Waals surface area contributed by atoms with E-state index in [1.807, 2.05) is 22.9 Å². The number of hydrogen-bond acceptors (Lipinski definition) is 4. The predicted octanol–water partition coefficient (Wildman–Crippen LogP) is 3.07. The Kier molecular flexibility index (Phi) is 4.05. The van der Waals surface area contributed by atoms with Crippen LogP contribution in [0.25, 0.3) is 0 Å². The van der Waals surface area contributed by atoms with Gasteiger partial charge in [-0.05, 0) is 46.5 Å². The quantitative estimate of drug-likeness (QED) is 0.889. The Hall–Kier alpha value is -1.36. The average molecular weight is 289 g/mol. The third-order valence-corrected chi connectivity index (χ3v) is 4.46. The zero-order chi connectivity index (χ0) is 13.9. The summed E-state index contributed by atoms with van der Waals surface area (Å²) in [4.78, 5) is 0. The van der Waals surface area contributed by atoms with Gasteiger partial charge in [-0.3, -0.25) is 0 Å². The van der Waals surface area contributed by atoms with Crippen LogP contribution < -0.4 is 10.1 Å². The number of hydrogen-bond donors (Lipinski definition) is 2. The normalized spacial score (nSPS) is 16.5. The van der Waals surface area contributed by atoms with Crippen LogP contribution in [-0.4, -0.2) is 18.3 Å². The number of aliphatic hydroxyl groups excluding tert-OH is 1. The second-order valence-corrected chi connectivity index (χ2v) is 5.95. The number of thiophene rings is 1. The SMILES string of the molecule is CC(NCC(O)c1ccsc1)c1ccc2c(c1)CCO2. The number of nitrogens with one attached hydrogen (secondary N) is 1. The lowest BCUT2D eigenvalue weighted by atomic mass is 10.0. The number of aliphatic hydroxyl groups is 1. The molecule has 2 aromatic rings. The summed E-state index contributed by atoms with van der Waals surface area (Å²) in [7, 11) is 0. The molecule has 0 bridgehead atoms. The van der Waals surface area contributed by atoms with E-state index in [1.54, 1.807) is 11.3 Å². The lowest BCUT2D eigenvalue weighted by Gasteiger charge is -2.17. The van der Waals surface area contributed by atoms with E-state index in [4.69, 9.17) is 4.74 Å². The molecule has 2 atom stereocenters. The standard InChI is InChI=1S/C16H19NO2S/c1-11(17-9-15(18)14-5-7-20-10-14)12-2-3-16-13(8-12)4-6-19-16/h2-3,5,7-8,10-11,15,17-18H,4,6,9H2,1H3. The topological polar surface area (TPSA) is 41.5 Å². The highest BCUT2D eigenvalue weighted by atomic mass is 32.1. The molecule has 106 valence electrons. The first-order valence-corrected chi connectivity index (χ1v) is 7.87. The zero-order valence-corrected chi connectivity index (χ0v) is 12.3. The molecule has 0 saturated carbocycles. The van der Waals surface area contributed by atoms with Crippen molar-refractivity contribution in [1.82, 2.24) is 5.32 Å². The molecule has 1 aromatic carbocycles.